The molecule has 26 heavy (non-hydrogen) atoms. The number of hydrogen-bond donors (Lipinski definition) is 0. The predicted octanol–water partition coefficient (Wildman–Crippen LogP) is 7.31. The number of rotatable bonds is 5. The van der Waals surface area contributed by atoms with Crippen LogP contribution in [0.15, 0.2) is 98.5 Å². The van der Waals surface area contributed by atoms with Crippen LogP contribution in [0.3, 0.4) is 0 Å². The number of thiazole rings is 1. The fraction of sp³-hybridized carbons (Fsp3) is 0.0455. The van der Waals surface area contributed by atoms with Gasteiger partial charge in [-0.1, -0.05) is 88.4 Å². The van der Waals surface area contributed by atoms with Gasteiger partial charge in [-0.05, 0) is 29.8 Å². The fourth-order valence-electron chi connectivity index (χ4n) is 2.62. The summed E-state index contributed by atoms with van der Waals surface area (Å²) in [6.07, 6.45) is 0.839. The van der Waals surface area contributed by atoms with E-state index < -0.39 is 0 Å². The van der Waals surface area contributed by atoms with Gasteiger partial charge in [-0.25, -0.2) is 4.98 Å². The van der Waals surface area contributed by atoms with Crippen molar-refractivity contribution < 1.29 is 0 Å². The number of benzene rings is 3. The first-order chi connectivity index (χ1) is 12.8. The molecule has 0 aliphatic heterocycles. The van der Waals surface area contributed by atoms with Gasteiger partial charge < -0.3 is 0 Å². The lowest BCUT2D eigenvalue weighted by Crippen LogP contribution is -1.90. The molecule has 4 rings (SSSR count). The second-order valence-electron chi connectivity index (χ2n) is 5.84. The average molecular weight is 438 g/mol. The van der Waals surface area contributed by atoms with Crippen molar-refractivity contribution in [2.75, 3.05) is 0 Å². The maximum Gasteiger partial charge on any atom is 0.124 e. The highest BCUT2D eigenvalue weighted by Crippen LogP contribution is 2.39. The molecule has 1 aromatic heterocycles. The van der Waals surface area contributed by atoms with Crippen LogP contribution in [0.4, 0.5) is 0 Å². The minimum Gasteiger partial charge on any atom is -0.240 e. The summed E-state index contributed by atoms with van der Waals surface area (Å²) in [6, 6.07) is 29.4. The van der Waals surface area contributed by atoms with Crippen LogP contribution >= 0.6 is 39.0 Å². The zero-order valence-corrected chi connectivity index (χ0v) is 17.2. The molecule has 0 aliphatic rings. The Morgan fingerprint density at radius 1 is 0.808 bits per heavy atom. The molecule has 1 nitrogen and oxygen atoms in total. The van der Waals surface area contributed by atoms with Crippen LogP contribution in [-0.2, 0) is 6.42 Å². The summed E-state index contributed by atoms with van der Waals surface area (Å²) in [4.78, 5) is 6.22. The molecule has 0 atom stereocenters. The van der Waals surface area contributed by atoms with Crippen molar-refractivity contribution in [3.05, 3.63) is 101 Å². The van der Waals surface area contributed by atoms with E-state index in [-0.39, 0.29) is 0 Å². The van der Waals surface area contributed by atoms with Crippen LogP contribution in [0, 0.1) is 0 Å². The summed E-state index contributed by atoms with van der Waals surface area (Å²) in [5, 5.41) is 1.08. The molecule has 0 N–H and O–H groups in total. The Morgan fingerprint density at radius 2 is 1.46 bits per heavy atom. The molecule has 0 saturated heterocycles. The summed E-state index contributed by atoms with van der Waals surface area (Å²) >= 11 is 7.08. The third-order valence-corrected chi connectivity index (χ3v) is 6.82. The van der Waals surface area contributed by atoms with E-state index in [0.29, 0.717) is 0 Å². The number of halogens is 1. The lowest BCUT2D eigenvalue weighted by molar-refractivity contribution is 1.07. The molecule has 0 radical (unpaired) electrons. The van der Waals surface area contributed by atoms with Gasteiger partial charge in [0.25, 0.3) is 0 Å². The van der Waals surface area contributed by atoms with Gasteiger partial charge in [0.1, 0.15) is 5.01 Å². The summed E-state index contributed by atoms with van der Waals surface area (Å²) < 4.78 is 2.36. The molecule has 0 aliphatic carbocycles. The molecule has 4 aromatic rings. The molecule has 1 heterocycles. The van der Waals surface area contributed by atoms with Crippen molar-refractivity contribution in [1.82, 2.24) is 4.98 Å². The zero-order chi connectivity index (χ0) is 17.8. The minimum atomic E-state index is 0.839. The second kappa shape index (κ2) is 8.21. The van der Waals surface area contributed by atoms with Crippen molar-refractivity contribution in [3.63, 3.8) is 0 Å². The van der Waals surface area contributed by atoms with E-state index in [1.165, 1.54) is 20.2 Å². The Kier molecular flexibility index (Phi) is 5.54. The topological polar surface area (TPSA) is 12.9 Å². The van der Waals surface area contributed by atoms with Gasteiger partial charge in [0.05, 0.1) is 9.90 Å². The molecular formula is C22H16BrNS2. The van der Waals surface area contributed by atoms with E-state index in [1.807, 2.05) is 6.07 Å². The number of nitrogens with zero attached hydrogens (tertiary/aromatic N) is 1. The molecular weight excluding hydrogens is 422 g/mol. The van der Waals surface area contributed by atoms with E-state index >= 15 is 0 Å². The third kappa shape index (κ3) is 4.26. The molecule has 0 bridgehead atoms. The Hall–Kier alpha value is -1.88. The van der Waals surface area contributed by atoms with Crippen LogP contribution in [0.1, 0.15) is 11.3 Å². The van der Waals surface area contributed by atoms with Crippen molar-refractivity contribution in [1.29, 1.82) is 0 Å². The molecule has 0 unspecified atom stereocenters. The van der Waals surface area contributed by atoms with Gasteiger partial charge in [0.15, 0.2) is 0 Å². The molecule has 0 amide bonds. The van der Waals surface area contributed by atoms with Crippen LogP contribution in [0.5, 0.6) is 0 Å². The molecule has 3 aromatic carbocycles. The van der Waals surface area contributed by atoms with Crippen LogP contribution in [-0.4, -0.2) is 4.98 Å². The largest absolute Gasteiger partial charge is 0.240 e. The smallest absolute Gasteiger partial charge is 0.124 e. The summed E-state index contributed by atoms with van der Waals surface area (Å²) in [7, 11) is 0. The van der Waals surface area contributed by atoms with Crippen molar-refractivity contribution in [2.24, 2.45) is 0 Å². The molecule has 0 saturated carbocycles. The first kappa shape index (κ1) is 17.5. The maximum atomic E-state index is 4.98. The van der Waals surface area contributed by atoms with E-state index in [1.54, 1.807) is 23.1 Å². The highest BCUT2D eigenvalue weighted by Gasteiger charge is 2.14. The Bertz CT molecular complexity index is 980. The first-order valence-electron chi connectivity index (χ1n) is 8.30. The highest BCUT2D eigenvalue weighted by molar-refractivity contribution is 9.10. The second-order valence-corrected chi connectivity index (χ2v) is 9.09. The Balaban J connectivity index is 1.70. The van der Waals surface area contributed by atoms with Crippen LogP contribution < -0.4 is 0 Å². The first-order valence-corrected chi connectivity index (χ1v) is 10.7. The fourth-order valence-corrected chi connectivity index (χ4v) is 5.14. The predicted molar refractivity (Wildman–Crippen MR) is 115 cm³/mol. The van der Waals surface area contributed by atoms with Gasteiger partial charge in [0.2, 0.25) is 0 Å². The maximum absolute atomic E-state index is 4.98. The van der Waals surface area contributed by atoms with Crippen LogP contribution in [0.25, 0.3) is 10.6 Å². The van der Waals surface area contributed by atoms with E-state index in [2.05, 4.69) is 94.8 Å². The standard InChI is InChI=1S/C22H16BrNS2/c23-18-13-11-16(12-14-18)15-20-22(25-19-9-5-2-6-10-19)26-21(24-20)17-7-3-1-4-8-17/h1-14H,15H2. The number of hydrogen-bond acceptors (Lipinski definition) is 3. The lowest BCUT2D eigenvalue weighted by atomic mass is 10.1. The summed E-state index contributed by atoms with van der Waals surface area (Å²) in [5.74, 6) is 0. The monoisotopic (exact) mass is 437 g/mol. The van der Waals surface area contributed by atoms with Gasteiger partial charge in [-0.2, -0.15) is 0 Å². The normalized spacial score (nSPS) is 10.8. The quantitative estimate of drug-likeness (QED) is 0.324. The van der Waals surface area contributed by atoms with Gasteiger partial charge in [-0.3, -0.25) is 0 Å². The van der Waals surface area contributed by atoms with Crippen LogP contribution in [0.2, 0.25) is 0 Å². The van der Waals surface area contributed by atoms with Crippen molar-refractivity contribution in [3.8, 4) is 10.6 Å². The molecule has 4 heteroatoms. The third-order valence-electron chi connectivity index (χ3n) is 3.92. The van der Waals surface area contributed by atoms with E-state index in [9.17, 15) is 0 Å². The van der Waals surface area contributed by atoms with Gasteiger partial charge in [-0.15, -0.1) is 11.3 Å². The Labute approximate surface area is 170 Å². The SMILES string of the molecule is Brc1ccc(Cc2nc(-c3ccccc3)sc2Sc2ccccc2)cc1. The zero-order valence-electron chi connectivity index (χ0n) is 13.9. The van der Waals surface area contributed by atoms with Crippen molar-refractivity contribution >= 4 is 39.0 Å². The minimum absolute atomic E-state index is 0.839. The lowest BCUT2D eigenvalue weighted by Gasteiger charge is -2.03. The van der Waals surface area contributed by atoms with Gasteiger partial charge >= 0.3 is 0 Å². The highest BCUT2D eigenvalue weighted by atomic mass is 79.9. The van der Waals surface area contributed by atoms with Gasteiger partial charge in [0, 0.05) is 21.4 Å². The van der Waals surface area contributed by atoms with E-state index in [0.717, 1.165) is 21.6 Å². The van der Waals surface area contributed by atoms with Crippen molar-refractivity contribution in [2.45, 2.75) is 15.5 Å². The molecule has 128 valence electrons. The average Bonchev–Trinajstić information content (AvgIpc) is 3.07. The molecule has 0 fully saturated rings. The summed E-state index contributed by atoms with van der Waals surface area (Å²) in [6.45, 7) is 0. The number of aromatic nitrogens is 1. The Morgan fingerprint density at radius 3 is 2.15 bits per heavy atom. The molecule has 0 spiro atoms. The van der Waals surface area contributed by atoms with E-state index in [4.69, 9.17) is 4.98 Å². The summed E-state index contributed by atoms with van der Waals surface area (Å²) in [5.41, 5.74) is 3.59.